The van der Waals surface area contributed by atoms with E-state index in [1.165, 1.54) is 11.6 Å². The highest BCUT2D eigenvalue weighted by atomic mass is 16.6. The highest BCUT2D eigenvalue weighted by Gasteiger charge is 2.48. The largest absolute Gasteiger partial charge is 0.480 e. The molecule has 9 heteroatoms. The summed E-state index contributed by atoms with van der Waals surface area (Å²) < 4.78 is 29.3. The second kappa shape index (κ2) is 15.1. The summed E-state index contributed by atoms with van der Waals surface area (Å²) in [5.74, 6) is -1.31. The second-order valence-corrected chi connectivity index (χ2v) is 11.7. The molecule has 4 rings (SSSR count). The Kier molecular flexibility index (Phi) is 11.5. The number of aliphatic carboxylic acids is 1. The molecular formula is C32H44O9. The van der Waals surface area contributed by atoms with Crippen molar-refractivity contribution in [3.8, 4) is 0 Å². The maximum Gasteiger partial charge on any atom is 0.330 e. The molecule has 9 nitrogen and oxygen atoms in total. The van der Waals surface area contributed by atoms with Crippen molar-refractivity contribution >= 4 is 11.9 Å². The molecule has 1 saturated heterocycles. The lowest BCUT2D eigenvalue weighted by Gasteiger charge is -2.28. The number of rotatable bonds is 6. The number of hydrogen-bond donors (Lipinski definition) is 2. The molecule has 1 fully saturated rings. The maximum atomic E-state index is 12.8. The van der Waals surface area contributed by atoms with Gasteiger partial charge in [-0.25, -0.2) is 9.59 Å². The Labute approximate surface area is 242 Å². The van der Waals surface area contributed by atoms with Gasteiger partial charge in [0.1, 0.15) is 24.9 Å². The van der Waals surface area contributed by atoms with E-state index in [2.05, 4.69) is 19.6 Å². The zero-order chi connectivity index (χ0) is 29.4. The zero-order valence-electron chi connectivity index (χ0n) is 24.1. The number of epoxide rings is 1. The number of carbonyl (C=O) groups is 2. The molecule has 4 aliphatic rings. The van der Waals surface area contributed by atoms with Gasteiger partial charge in [-0.05, 0) is 51.4 Å². The molecule has 2 bridgehead atoms. The molecule has 0 aromatic rings. The van der Waals surface area contributed by atoms with E-state index in [1.807, 2.05) is 19.1 Å². The lowest BCUT2D eigenvalue weighted by atomic mass is 9.90. The molecule has 9 atom stereocenters. The molecule has 0 aromatic heterocycles. The molecule has 0 amide bonds. The minimum Gasteiger partial charge on any atom is -0.480 e. The first-order chi connectivity index (χ1) is 19.7. The van der Waals surface area contributed by atoms with E-state index in [0.29, 0.717) is 25.4 Å². The van der Waals surface area contributed by atoms with Gasteiger partial charge in [0.05, 0.1) is 37.1 Å². The van der Waals surface area contributed by atoms with Gasteiger partial charge in [-0.3, -0.25) is 0 Å². The fraction of sp³-hybridized carbons (Fsp3) is 0.625. The van der Waals surface area contributed by atoms with Crippen molar-refractivity contribution in [2.75, 3.05) is 13.2 Å². The van der Waals surface area contributed by atoms with Gasteiger partial charge in [-0.2, -0.15) is 0 Å². The monoisotopic (exact) mass is 572 g/mol. The molecule has 41 heavy (non-hydrogen) atoms. The quantitative estimate of drug-likeness (QED) is 0.274. The summed E-state index contributed by atoms with van der Waals surface area (Å²) in [6.45, 7) is 8.51. The lowest BCUT2D eigenvalue weighted by molar-refractivity contribution is -0.148. The Morgan fingerprint density at radius 1 is 1.20 bits per heavy atom. The summed E-state index contributed by atoms with van der Waals surface area (Å²) in [5, 5.41) is 20.3. The fourth-order valence-electron chi connectivity index (χ4n) is 5.76. The van der Waals surface area contributed by atoms with E-state index in [1.54, 1.807) is 18.2 Å². The van der Waals surface area contributed by atoms with Crippen LogP contribution in [0.3, 0.4) is 0 Å². The second-order valence-electron chi connectivity index (χ2n) is 11.7. The number of aliphatic hydroxyl groups excluding tert-OH is 1. The van der Waals surface area contributed by atoms with Gasteiger partial charge in [0.15, 0.2) is 0 Å². The van der Waals surface area contributed by atoms with E-state index >= 15 is 0 Å². The van der Waals surface area contributed by atoms with E-state index in [9.17, 15) is 19.8 Å². The van der Waals surface area contributed by atoms with Gasteiger partial charge in [-0.15, -0.1) is 0 Å². The third-order valence-corrected chi connectivity index (χ3v) is 7.84. The standard InChI is InChI=1S/C32H44O9/c1-20-12-13-37-24(15-20)10-11-26(33)27-18-29-32(41-29)28(38-19-30(34)35)17-22(3)14-21(2)16-25-8-4-6-23(39-25)7-5-9-31(36)40-27/h4-6,9-12,21,23-29,32-33H,3,7-8,13-19H2,1-2H3,(H,34,35)/b9-5-,11-10+/t21-,23-,24+,25-,26-,27-,28-,29-,32-/m0/s1. The number of carboxylic acid groups (broad SMARTS) is 1. The van der Waals surface area contributed by atoms with Crippen LogP contribution in [0.5, 0.6) is 0 Å². The van der Waals surface area contributed by atoms with E-state index < -0.39 is 43.0 Å². The lowest BCUT2D eigenvalue weighted by Crippen LogP contribution is -2.33. The van der Waals surface area contributed by atoms with Crippen LogP contribution in [0.2, 0.25) is 0 Å². The number of ether oxygens (including phenoxy) is 5. The summed E-state index contributed by atoms with van der Waals surface area (Å²) in [6.07, 6.45) is 13.6. The van der Waals surface area contributed by atoms with E-state index in [0.717, 1.165) is 31.3 Å². The third kappa shape index (κ3) is 10.3. The molecule has 0 aliphatic carbocycles. The SMILES string of the molecule is C=C1C[C@H](C)C[C@@H]2CC=C[C@@H](C/C=C\C(=O)O[C@H]([C@@H](O)/C=C/[C@@H]3CC(C)=CCO3)C[C@@H]3O[C@H]3[C@@H](OCC(=O)O)C1)O2. The summed E-state index contributed by atoms with van der Waals surface area (Å²) in [6, 6.07) is 0. The number of carboxylic acids is 1. The van der Waals surface area contributed by atoms with Crippen LogP contribution in [0.1, 0.15) is 58.8 Å². The van der Waals surface area contributed by atoms with Crippen LogP contribution in [0.15, 0.2) is 60.3 Å². The Morgan fingerprint density at radius 2 is 2.02 bits per heavy atom. The third-order valence-electron chi connectivity index (χ3n) is 7.84. The maximum absolute atomic E-state index is 12.8. The van der Waals surface area contributed by atoms with Gasteiger partial charge in [0.2, 0.25) is 0 Å². The molecule has 0 saturated carbocycles. The first kappa shape index (κ1) is 31.4. The number of aliphatic hydroxyl groups is 1. The highest BCUT2D eigenvalue weighted by Crippen LogP contribution is 2.36. The number of esters is 1. The molecule has 2 N–H and O–H groups in total. The average molecular weight is 573 g/mol. The van der Waals surface area contributed by atoms with Gasteiger partial charge in [-0.1, -0.05) is 61.1 Å². The molecule has 4 aliphatic heterocycles. The van der Waals surface area contributed by atoms with Crippen LogP contribution in [-0.4, -0.2) is 84.2 Å². The van der Waals surface area contributed by atoms with Crippen LogP contribution in [-0.2, 0) is 33.3 Å². The Hall–Kier alpha value is -2.56. The predicted molar refractivity (Wildman–Crippen MR) is 152 cm³/mol. The minimum atomic E-state index is -1.09. The van der Waals surface area contributed by atoms with Crippen molar-refractivity contribution in [3.63, 3.8) is 0 Å². The summed E-state index contributed by atoms with van der Waals surface area (Å²) in [5.41, 5.74) is 2.17. The van der Waals surface area contributed by atoms with Crippen molar-refractivity contribution in [2.45, 2.75) is 108 Å². The highest BCUT2D eigenvalue weighted by molar-refractivity contribution is 5.82. The minimum absolute atomic E-state index is 0.0703. The first-order valence-corrected chi connectivity index (χ1v) is 14.6. The van der Waals surface area contributed by atoms with Gasteiger partial charge >= 0.3 is 11.9 Å². The molecule has 0 aromatic carbocycles. The predicted octanol–water partition coefficient (Wildman–Crippen LogP) is 4.21. The molecular weight excluding hydrogens is 528 g/mol. The van der Waals surface area contributed by atoms with E-state index in [4.69, 9.17) is 23.7 Å². The van der Waals surface area contributed by atoms with E-state index in [-0.39, 0.29) is 30.8 Å². The van der Waals surface area contributed by atoms with Crippen LogP contribution in [0.4, 0.5) is 0 Å². The van der Waals surface area contributed by atoms with Crippen molar-refractivity contribution in [3.05, 3.63) is 60.3 Å². The normalized spacial score (nSPS) is 36.8. The molecule has 226 valence electrons. The van der Waals surface area contributed by atoms with Crippen molar-refractivity contribution < 1.29 is 43.5 Å². The average Bonchev–Trinajstić information content (AvgIpc) is 3.68. The van der Waals surface area contributed by atoms with Crippen LogP contribution in [0, 0.1) is 5.92 Å². The van der Waals surface area contributed by atoms with Crippen LogP contribution >= 0.6 is 0 Å². The summed E-state index contributed by atoms with van der Waals surface area (Å²) in [7, 11) is 0. The molecule has 4 heterocycles. The summed E-state index contributed by atoms with van der Waals surface area (Å²) in [4.78, 5) is 24.0. The van der Waals surface area contributed by atoms with Gasteiger partial charge < -0.3 is 33.9 Å². The number of cyclic esters (lactones) is 1. The Bertz CT molecular complexity index is 1040. The smallest absolute Gasteiger partial charge is 0.330 e. The van der Waals surface area contributed by atoms with Gasteiger partial charge in [0.25, 0.3) is 0 Å². The van der Waals surface area contributed by atoms with Crippen molar-refractivity contribution in [2.24, 2.45) is 5.92 Å². The Morgan fingerprint density at radius 3 is 2.80 bits per heavy atom. The van der Waals surface area contributed by atoms with Crippen molar-refractivity contribution in [1.82, 2.24) is 0 Å². The molecule has 0 radical (unpaired) electrons. The summed E-state index contributed by atoms with van der Waals surface area (Å²) >= 11 is 0. The van der Waals surface area contributed by atoms with Crippen LogP contribution < -0.4 is 0 Å². The number of hydrogen-bond acceptors (Lipinski definition) is 8. The molecule has 0 spiro atoms. The zero-order valence-corrected chi connectivity index (χ0v) is 24.1. The fourth-order valence-corrected chi connectivity index (χ4v) is 5.76. The Balaban J connectivity index is 1.50. The molecule has 0 unspecified atom stereocenters. The number of carbonyl (C=O) groups excluding carboxylic acids is 1. The van der Waals surface area contributed by atoms with Gasteiger partial charge in [0, 0.05) is 12.5 Å². The first-order valence-electron chi connectivity index (χ1n) is 14.6. The van der Waals surface area contributed by atoms with Crippen LogP contribution in [0.25, 0.3) is 0 Å². The number of fused-ring (bicyclic) bond motifs is 3. The van der Waals surface area contributed by atoms with Crippen molar-refractivity contribution in [1.29, 1.82) is 0 Å². The topological polar surface area (TPSA) is 124 Å².